The molecule has 0 saturated carbocycles. The number of likely N-dealkylation sites (tertiary alicyclic amines) is 1. The fourth-order valence-electron chi connectivity index (χ4n) is 5.68. The lowest BCUT2D eigenvalue weighted by atomic mass is 9.84. The van der Waals surface area contributed by atoms with Crippen LogP contribution in [-0.2, 0) is 9.53 Å². The Bertz CT molecular complexity index is 1160. The van der Waals surface area contributed by atoms with Crippen molar-refractivity contribution in [2.24, 2.45) is 0 Å². The van der Waals surface area contributed by atoms with Crippen LogP contribution in [0.2, 0.25) is 0 Å². The van der Waals surface area contributed by atoms with Crippen LogP contribution in [0, 0.1) is 0 Å². The van der Waals surface area contributed by atoms with Gasteiger partial charge in [-0.1, -0.05) is 0 Å². The summed E-state index contributed by atoms with van der Waals surface area (Å²) in [6.07, 6.45) is 3.05. The van der Waals surface area contributed by atoms with Crippen LogP contribution >= 0.6 is 0 Å². The van der Waals surface area contributed by atoms with Crippen LogP contribution in [0.5, 0.6) is 17.2 Å². The van der Waals surface area contributed by atoms with Gasteiger partial charge in [0.1, 0.15) is 18.0 Å². The summed E-state index contributed by atoms with van der Waals surface area (Å²) in [6, 6.07) is 10.6. The molecule has 2 saturated heterocycles. The number of carbonyl (C=O) groups is 2. The second-order valence-electron chi connectivity index (χ2n) is 9.82. The van der Waals surface area contributed by atoms with E-state index in [2.05, 4.69) is 5.32 Å². The summed E-state index contributed by atoms with van der Waals surface area (Å²) >= 11 is 0. The first-order valence-corrected chi connectivity index (χ1v) is 12.6. The van der Waals surface area contributed by atoms with Crippen molar-refractivity contribution >= 4 is 17.5 Å². The van der Waals surface area contributed by atoms with Gasteiger partial charge in [-0.3, -0.25) is 9.59 Å². The van der Waals surface area contributed by atoms with Crippen molar-refractivity contribution in [3.63, 3.8) is 0 Å². The van der Waals surface area contributed by atoms with Crippen molar-refractivity contribution in [3.05, 3.63) is 47.5 Å². The molecule has 0 radical (unpaired) electrons. The maximum atomic E-state index is 12.9. The zero-order valence-electron chi connectivity index (χ0n) is 20.0. The van der Waals surface area contributed by atoms with Crippen LogP contribution in [-0.4, -0.2) is 66.6 Å². The molecular formula is C27H30N2O7. The van der Waals surface area contributed by atoms with E-state index in [0.717, 1.165) is 37.2 Å². The highest BCUT2D eigenvalue weighted by atomic mass is 16.7. The van der Waals surface area contributed by atoms with Gasteiger partial charge in [0.05, 0.1) is 19.1 Å². The molecule has 190 valence electrons. The molecular weight excluding hydrogens is 464 g/mol. The molecule has 0 aliphatic carbocycles. The number of anilines is 1. The van der Waals surface area contributed by atoms with E-state index >= 15 is 0 Å². The minimum absolute atomic E-state index is 0.0348. The normalized spacial score (nSPS) is 26.1. The monoisotopic (exact) mass is 494 g/mol. The van der Waals surface area contributed by atoms with Gasteiger partial charge in [0.15, 0.2) is 11.5 Å². The highest BCUT2D eigenvalue weighted by Gasteiger charge is 2.46. The molecule has 9 heteroatoms. The lowest BCUT2D eigenvalue weighted by molar-refractivity contribution is -0.149. The SMILES string of the molecule is O=C(Nc1ccc2c(c1)[C@H]1C[C@@H](CC(=O)N3CCCCC3)O[C@@H](CO)[C@H]1O2)c1ccc2c(c1)OCO2. The highest BCUT2D eigenvalue weighted by molar-refractivity contribution is 6.04. The van der Waals surface area contributed by atoms with E-state index in [-0.39, 0.29) is 43.3 Å². The van der Waals surface area contributed by atoms with E-state index in [1.807, 2.05) is 17.0 Å². The summed E-state index contributed by atoms with van der Waals surface area (Å²) in [5, 5.41) is 13.0. The summed E-state index contributed by atoms with van der Waals surface area (Å²) in [7, 11) is 0. The summed E-state index contributed by atoms with van der Waals surface area (Å²) in [4.78, 5) is 27.7. The number of nitrogens with zero attached hydrogens (tertiary/aromatic N) is 1. The number of amides is 2. The molecule has 36 heavy (non-hydrogen) atoms. The molecule has 2 N–H and O–H groups in total. The van der Waals surface area contributed by atoms with Gasteiger partial charge in [-0.15, -0.1) is 0 Å². The predicted octanol–water partition coefficient (Wildman–Crippen LogP) is 3.06. The van der Waals surface area contributed by atoms with Crippen LogP contribution in [0.4, 0.5) is 5.69 Å². The van der Waals surface area contributed by atoms with E-state index in [1.165, 1.54) is 6.42 Å². The van der Waals surface area contributed by atoms with Crippen molar-refractivity contribution in [2.45, 2.75) is 56.3 Å². The molecule has 4 aliphatic rings. The molecule has 2 aromatic carbocycles. The Hall–Kier alpha value is -3.30. The molecule has 0 unspecified atom stereocenters. The molecule has 2 aromatic rings. The molecule has 2 amide bonds. The zero-order valence-corrected chi connectivity index (χ0v) is 20.0. The van der Waals surface area contributed by atoms with Crippen LogP contribution in [0.3, 0.4) is 0 Å². The van der Waals surface area contributed by atoms with Gasteiger partial charge in [0.25, 0.3) is 5.91 Å². The molecule has 0 spiro atoms. The smallest absolute Gasteiger partial charge is 0.255 e. The minimum atomic E-state index is -0.512. The first kappa shape index (κ1) is 23.1. The third-order valence-corrected chi connectivity index (χ3v) is 7.50. The van der Waals surface area contributed by atoms with Gasteiger partial charge < -0.3 is 34.3 Å². The third kappa shape index (κ3) is 4.37. The summed E-state index contributed by atoms with van der Waals surface area (Å²) in [5.41, 5.74) is 2.07. The number of rotatable bonds is 5. The van der Waals surface area contributed by atoms with Gasteiger partial charge in [-0.2, -0.15) is 0 Å². The Labute approximate surface area is 209 Å². The average Bonchev–Trinajstić information content (AvgIpc) is 3.52. The zero-order chi connectivity index (χ0) is 24.6. The quantitative estimate of drug-likeness (QED) is 0.658. The first-order chi connectivity index (χ1) is 17.6. The second-order valence-corrected chi connectivity index (χ2v) is 9.82. The van der Waals surface area contributed by atoms with Gasteiger partial charge in [-0.25, -0.2) is 0 Å². The molecule has 2 fully saturated rings. The maximum Gasteiger partial charge on any atom is 0.255 e. The predicted molar refractivity (Wildman–Crippen MR) is 130 cm³/mol. The summed E-state index contributed by atoms with van der Waals surface area (Å²) in [6.45, 7) is 1.58. The number of carbonyl (C=O) groups excluding carboxylic acids is 2. The van der Waals surface area contributed by atoms with Gasteiger partial charge in [0, 0.05) is 35.8 Å². The molecule has 0 bridgehead atoms. The third-order valence-electron chi connectivity index (χ3n) is 7.50. The van der Waals surface area contributed by atoms with Crippen molar-refractivity contribution in [1.29, 1.82) is 0 Å². The Morgan fingerprint density at radius 2 is 1.81 bits per heavy atom. The number of aliphatic hydroxyl groups excluding tert-OH is 1. The Morgan fingerprint density at radius 1 is 1.00 bits per heavy atom. The van der Waals surface area contributed by atoms with Gasteiger partial charge >= 0.3 is 0 Å². The Balaban J connectivity index is 1.17. The number of benzene rings is 2. The molecule has 4 aliphatic heterocycles. The number of hydrogen-bond acceptors (Lipinski definition) is 7. The maximum absolute atomic E-state index is 12.9. The topological polar surface area (TPSA) is 107 Å². The lowest BCUT2D eigenvalue weighted by Gasteiger charge is -2.38. The second kappa shape index (κ2) is 9.63. The standard InChI is InChI=1S/C27H30N2O7/c30-14-24-26-20(12-18(35-24)13-25(31)29-8-2-1-3-9-29)19-11-17(5-7-21(19)36-26)28-27(32)16-4-6-22-23(10-16)34-15-33-22/h4-7,10-11,18,20,24,26,30H,1-3,8-9,12-15H2,(H,28,32)/t18-,20+,24-,26-/m0/s1. The van der Waals surface area contributed by atoms with Crippen LogP contribution in [0.1, 0.15) is 53.9 Å². The number of nitrogens with one attached hydrogen (secondary N) is 1. The molecule has 4 atom stereocenters. The fraction of sp³-hybridized carbons (Fsp3) is 0.481. The van der Waals surface area contributed by atoms with Crippen molar-refractivity contribution in [2.75, 3.05) is 31.8 Å². The van der Waals surface area contributed by atoms with E-state index in [0.29, 0.717) is 35.6 Å². The molecule has 6 rings (SSSR count). The average molecular weight is 495 g/mol. The minimum Gasteiger partial charge on any atom is -0.487 e. The molecule has 0 aromatic heterocycles. The number of ether oxygens (including phenoxy) is 4. The lowest BCUT2D eigenvalue weighted by Crippen LogP contribution is -2.48. The van der Waals surface area contributed by atoms with Crippen molar-refractivity contribution in [3.8, 4) is 17.2 Å². The van der Waals surface area contributed by atoms with Crippen molar-refractivity contribution in [1.82, 2.24) is 4.90 Å². The molecule has 4 heterocycles. The number of hydrogen-bond donors (Lipinski definition) is 2. The summed E-state index contributed by atoms with van der Waals surface area (Å²) < 4.78 is 23.0. The fourth-order valence-corrected chi connectivity index (χ4v) is 5.68. The largest absolute Gasteiger partial charge is 0.487 e. The molecule has 9 nitrogen and oxygen atoms in total. The number of aliphatic hydroxyl groups is 1. The van der Waals surface area contributed by atoms with Gasteiger partial charge in [-0.05, 0) is 62.1 Å². The Morgan fingerprint density at radius 3 is 2.64 bits per heavy atom. The van der Waals surface area contributed by atoms with Crippen molar-refractivity contribution < 1.29 is 33.6 Å². The van der Waals surface area contributed by atoms with Crippen LogP contribution in [0.15, 0.2) is 36.4 Å². The van der Waals surface area contributed by atoms with E-state index in [1.54, 1.807) is 24.3 Å². The highest BCUT2D eigenvalue weighted by Crippen LogP contribution is 2.47. The van der Waals surface area contributed by atoms with E-state index in [4.69, 9.17) is 18.9 Å². The number of piperidine rings is 1. The van der Waals surface area contributed by atoms with E-state index < -0.39 is 6.10 Å². The van der Waals surface area contributed by atoms with E-state index in [9.17, 15) is 14.7 Å². The van der Waals surface area contributed by atoms with Crippen LogP contribution in [0.25, 0.3) is 0 Å². The van der Waals surface area contributed by atoms with Crippen LogP contribution < -0.4 is 19.5 Å². The van der Waals surface area contributed by atoms with Gasteiger partial charge in [0.2, 0.25) is 12.7 Å². The Kier molecular flexibility index (Phi) is 6.18. The first-order valence-electron chi connectivity index (χ1n) is 12.6. The number of fused-ring (bicyclic) bond motifs is 4. The summed E-state index contributed by atoms with van der Waals surface area (Å²) in [5.74, 6) is 1.71.